The summed E-state index contributed by atoms with van der Waals surface area (Å²) < 4.78 is 0. The van der Waals surface area contributed by atoms with E-state index in [1.54, 1.807) is 0 Å². The molecule has 4 aromatic carbocycles. The first-order chi connectivity index (χ1) is 18.5. The molecule has 0 N–H and O–H groups in total. The van der Waals surface area contributed by atoms with Crippen molar-refractivity contribution in [2.45, 2.75) is 105 Å². The van der Waals surface area contributed by atoms with Gasteiger partial charge in [0.1, 0.15) is 0 Å². The molecule has 0 unspecified atom stereocenters. The molecule has 40 heavy (non-hydrogen) atoms. The van der Waals surface area contributed by atoms with Gasteiger partial charge in [0.15, 0.2) is 0 Å². The van der Waals surface area contributed by atoms with Gasteiger partial charge in [-0.2, -0.15) is 0 Å². The van der Waals surface area contributed by atoms with E-state index in [1.807, 2.05) is 0 Å². The third-order valence-electron chi connectivity index (χ3n) is 8.54. The molecule has 0 radical (unpaired) electrons. The molecular weight excluding hydrogens is 480 g/mol. The third-order valence-corrected chi connectivity index (χ3v) is 8.54. The fourth-order valence-electron chi connectivity index (χ4n) is 5.61. The molecule has 4 aromatic rings. The van der Waals surface area contributed by atoms with Gasteiger partial charge in [0.05, 0.1) is 0 Å². The molecule has 212 valence electrons. The molecular formula is C40H52. The quantitative estimate of drug-likeness (QED) is 0.245. The second-order valence-corrected chi connectivity index (χ2v) is 14.5. The van der Waals surface area contributed by atoms with Crippen LogP contribution in [0.5, 0.6) is 0 Å². The summed E-state index contributed by atoms with van der Waals surface area (Å²) >= 11 is 0. The van der Waals surface area contributed by atoms with E-state index in [4.69, 9.17) is 0 Å². The van der Waals surface area contributed by atoms with Crippen molar-refractivity contribution in [2.24, 2.45) is 0 Å². The zero-order valence-corrected chi connectivity index (χ0v) is 27.2. The highest BCUT2D eigenvalue weighted by Gasteiger charge is 2.29. The van der Waals surface area contributed by atoms with Crippen LogP contribution in [-0.4, -0.2) is 0 Å². The Labute approximate surface area is 245 Å². The average Bonchev–Trinajstić information content (AvgIpc) is 2.89. The first-order valence-electron chi connectivity index (χ1n) is 14.8. The molecule has 0 atom stereocenters. The number of hydrogen-bond acceptors (Lipinski definition) is 0. The molecule has 0 saturated heterocycles. The van der Waals surface area contributed by atoms with Crippen molar-refractivity contribution in [2.75, 3.05) is 0 Å². The number of benzene rings is 4. The normalized spacial score (nSPS) is 12.5. The molecule has 0 heterocycles. The number of rotatable bonds is 4. The van der Waals surface area contributed by atoms with Gasteiger partial charge in [-0.25, -0.2) is 0 Å². The molecule has 0 heteroatoms. The third kappa shape index (κ3) is 7.14. The van der Waals surface area contributed by atoms with Crippen molar-refractivity contribution < 1.29 is 0 Å². The number of aryl methyl sites for hydroxylation is 2. The van der Waals surface area contributed by atoms with Crippen molar-refractivity contribution in [3.05, 3.63) is 142 Å². The van der Waals surface area contributed by atoms with Gasteiger partial charge in [-0.15, -0.1) is 0 Å². The maximum Gasteiger partial charge on any atom is 0.0149 e. The van der Waals surface area contributed by atoms with Crippen LogP contribution < -0.4 is 0 Å². The fraction of sp³-hybridized carbons (Fsp3) is 0.400. The molecule has 0 fully saturated rings. The fourth-order valence-corrected chi connectivity index (χ4v) is 5.61. The first-order valence-corrected chi connectivity index (χ1v) is 14.8. The highest BCUT2D eigenvalue weighted by Crippen LogP contribution is 2.38. The zero-order valence-electron chi connectivity index (χ0n) is 27.2. The van der Waals surface area contributed by atoms with Crippen LogP contribution in [0, 0.1) is 13.8 Å². The van der Waals surface area contributed by atoms with Crippen molar-refractivity contribution in [3.63, 3.8) is 0 Å². The summed E-state index contributed by atoms with van der Waals surface area (Å²) in [6.07, 6.45) is 0. The summed E-state index contributed by atoms with van der Waals surface area (Å²) in [6, 6.07) is 35.4. The van der Waals surface area contributed by atoms with Crippen LogP contribution in [0.15, 0.2) is 97.1 Å². The molecule has 0 aliphatic heterocycles. The molecule has 0 aliphatic rings. The molecule has 0 aromatic heterocycles. The van der Waals surface area contributed by atoms with Crippen LogP contribution in [0.3, 0.4) is 0 Å². The van der Waals surface area contributed by atoms with Gasteiger partial charge in [-0.1, -0.05) is 166 Å². The number of hydrogen-bond donors (Lipinski definition) is 0. The Hall–Kier alpha value is -3.12. The minimum absolute atomic E-state index is 0.0174. The van der Waals surface area contributed by atoms with Crippen LogP contribution in [-0.2, 0) is 21.7 Å². The van der Waals surface area contributed by atoms with Crippen LogP contribution in [0.2, 0.25) is 0 Å². The standard InChI is InChI=1S/C25H28.C15H24/c1-19-16-17-22(24(2,3)20-12-8-6-9-13-20)18-23(19)25(4,5)21-14-10-7-11-15-21;1-11-8-9-12(14(2,3)4)10-13(11)15(5,6)7/h6-18H,1-5H3;8-10H,1-7H3. The van der Waals surface area contributed by atoms with Gasteiger partial charge >= 0.3 is 0 Å². The van der Waals surface area contributed by atoms with E-state index >= 15 is 0 Å². The van der Waals surface area contributed by atoms with Crippen molar-refractivity contribution >= 4 is 0 Å². The van der Waals surface area contributed by atoms with Gasteiger partial charge in [-0.3, -0.25) is 0 Å². The summed E-state index contributed by atoms with van der Waals surface area (Å²) in [6.45, 7) is 27.3. The molecule has 0 aliphatic carbocycles. The second-order valence-electron chi connectivity index (χ2n) is 14.5. The maximum atomic E-state index is 2.41. The smallest absolute Gasteiger partial charge is 0.0149 e. The lowest BCUT2D eigenvalue weighted by Crippen LogP contribution is -2.24. The van der Waals surface area contributed by atoms with E-state index in [2.05, 4.69) is 180 Å². The Kier molecular flexibility index (Phi) is 9.25. The highest BCUT2D eigenvalue weighted by molar-refractivity contribution is 5.47. The predicted octanol–water partition coefficient (Wildman–Crippen LogP) is 11.2. The topological polar surface area (TPSA) is 0 Å². The lowest BCUT2D eigenvalue weighted by atomic mass is 9.72. The summed E-state index contributed by atoms with van der Waals surface area (Å²) in [5, 5.41) is 0. The van der Waals surface area contributed by atoms with E-state index in [-0.39, 0.29) is 21.7 Å². The summed E-state index contributed by atoms with van der Waals surface area (Å²) in [5.74, 6) is 0. The lowest BCUT2D eigenvalue weighted by molar-refractivity contribution is 0.566. The van der Waals surface area contributed by atoms with Crippen molar-refractivity contribution in [1.29, 1.82) is 0 Å². The Bertz CT molecular complexity index is 1390. The molecule has 0 bridgehead atoms. The first kappa shape index (κ1) is 31.4. The summed E-state index contributed by atoms with van der Waals surface area (Å²) in [4.78, 5) is 0. The molecule has 4 rings (SSSR count). The van der Waals surface area contributed by atoms with Crippen LogP contribution >= 0.6 is 0 Å². The molecule has 0 amide bonds. The van der Waals surface area contributed by atoms with E-state index in [9.17, 15) is 0 Å². The predicted molar refractivity (Wildman–Crippen MR) is 177 cm³/mol. The SMILES string of the molecule is Cc1ccc(C(C)(C)C)cc1C(C)(C)C.Cc1ccc(C(C)(C)c2ccccc2)cc1C(C)(C)c1ccccc1. The van der Waals surface area contributed by atoms with Crippen molar-refractivity contribution in [3.8, 4) is 0 Å². The van der Waals surface area contributed by atoms with E-state index < -0.39 is 0 Å². The van der Waals surface area contributed by atoms with Gasteiger partial charge in [0, 0.05) is 10.8 Å². The van der Waals surface area contributed by atoms with Crippen LogP contribution in [0.4, 0.5) is 0 Å². The van der Waals surface area contributed by atoms with Crippen LogP contribution in [0.25, 0.3) is 0 Å². The zero-order chi connectivity index (χ0) is 29.9. The summed E-state index contributed by atoms with van der Waals surface area (Å²) in [5.41, 5.74) is 11.6. The van der Waals surface area contributed by atoms with Gasteiger partial charge < -0.3 is 0 Å². The monoisotopic (exact) mass is 532 g/mol. The van der Waals surface area contributed by atoms with E-state index in [0.29, 0.717) is 0 Å². The van der Waals surface area contributed by atoms with Crippen LogP contribution in [0.1, 0.15) is 114 Å². The minimum atomic E-state index is -0.0197. The molecule has 0 saturated carbocycles. The van der Waals surface area contributed by atoms with Crippen molar-refractivity contribution in [1.82, 2.24) is 0 Å². The highest BCUT2D eigenvalue weighted by atomic mass is 14.3. The maximum absolute atomic E-state index is 2.41. The largest absolute Gasteiger partial charge is 0.0622 e. The van der Waals surface area contributed by atoms with E-state index in [0.717, 1.165) is 0 Å². The summed E-state index contributed by atoms with van der Waals surface area (Å²) in [7, 11) is 0. The van der Waals surface area contributed by atoms with Gasteiger partial charge in [0.25, 0.3) is 0 Å². The Morgan fingerprint density at radius 3 is 1.20 bits per heavy atom. The minimum Gasteiger partial charge on any atom is -0.0622 e. The van der Waals surface area contributed by atoms with E-state index in [1.165, 1.54) is 44.5 Å². The Morgan fingerprint density at radius 2 is 0.750 bits per heavy atom. The van der Waals surface area contributed by atoms with Gasteiger partial charge in [0.2, 0.25) is 0 Å². The molecule has 0 spiro atoms. The lowest BCUT2D eigenvalue weighted by Gasteiger charge is -2.32. The molecule has 0 nitrogen and oxygen atoms in total. The Morgan fingerprint density at radius 1 is 0.350 bits per heavy atom. The van der Waals surface area contributed by atoms with Gasteiger partial charge in [-0.05, 0) is 69.2 Å². The average molecular weight is 533 g/mol. The Balaban J connectivity index is 0.000000252. The second kappa shape index (κ2) is 11.8.